The van der Waals surface area contributed by atoms with Crippen LogP contribution in [0.2, 0.25) is 0 Å². The first-order valence-corrected chi connectivity index (χ1v) is 8.04. The Morgan fingerprint density at radius 3 is 2.64 bits per heavy atom. The molecule has 0 fully saturated rings. The molecule has 0 N–H and O–H groups in total. The molecule has 0 aliphatic carbocycles. The van der Waals surface area contributed by atoms with Gasteiger partial charge in [-0.3, -0.25) is 9.78 Å². The molecule has 28 heavy (non-hydrogen) atoms. The first kappa shape index (κ1) is 19.5. The molecule has 0 atom stereocenters. The number of alkyl halides is 4. The minimum absolute atomic E-state index is 0.286. The van der Waals surface area contributed by atoms with Crippen molar-refractivity contribution in [3.63, 3.8) is 0 Å². The third-order valence-electron chi connectivity index (χ3n) is 3.71. The molecule has 3 rings (SSSR count). The Morgan fingerprint density at radius 1 is 1.14 bits per heavy atom. The van der Waals surface area contributed by atoms with Gasteiger partial charge in [0.2, 0.25) is 0 Å². The number of hydrogen-bond donors (Lipinski definition) is 0. The van der Waals surface area contributed by atoms with Crippen LogP contribution in [0.3, 0.4) is 0 Å². The van der Waals surface area contributed by atoms with Crippen LogP contribution < -0.4 is 19.1 Å². The lowest BCUT2D eigenvalue weighted by Crippen LogP contribution is -2.36. The number of nitrogens with zero attached hydrogens (tertiary/aromatic N) is 2. The lowest BCUT2D eigenvalue weighted by atomic mass is 10.1. The number of anilines is 1. The third-order valence-corrected chi connectivity index (χ3v) is 3.71. The van der Waals surface area contributed by atoms with Crippen LogP contribution in [0.25, 0.3) is 6.08 Å². The summed E-state index contributed by atoms with van der Waals surface area (Å²) in [5.41, 5.74) is 0.840. The highest BCUT2D eigenvalue weighted by Gasteiger charge is 2.22. The number of rotatable bonds is 6. The minimum atomic E-state index is -3.22. The predicted octanol–water partition coefficient (Wildman–Crippen LogP) is 3.72. The van der Waals surface area contributed by atoms with E-state index in [-0.39, 0.29) is 11.5 Å². The zero-order valence-corrected chi connectivity index (χ0v) is 14.2. The van der Waals surface area contributed by atoms with E-state index in [1.165, 1.54) is 35.5 Å². The maximum Gasteiger partial charge on any atom is 0.387 e. The first-order valence-electron chi connectivity index (χ1n) is 8.04. The zero-order valence-electron chi connectivity index (χ0n) is 14.2. The van der Waals surface area contributed by atoms with Gasteiger partial charge in [-0.1, -0.05) is 6.07 Å². The molecule has 148 valence electrons. The van der Waals surface area contributed by atoms with E-state index in [4.69, 9.17) is 4.74 Å². The summed E-state index contributed by atoms with van der Waals surface area (Å²) in [7, 11) is 0. The van der Waals surface area contributed by atoms with Crippen molar-refractivity contribution in [3.05, 3.63) is 48.3 Å². The van der Waals surface area contributed by atoms with E-state index < -0.39 is 24.7 Å². The summed E-state index contributed by atoms with van der Waals surface area (Å²) in [6.45, 7) is -5.80. The van der Waals surface area contributed by atoms with E-state index in [0.29, 0.717) is 24.6 Å². The summed E-state index contributed by atoms with van der Waals surface area (Å²) in [6.07, 6.45) is 5.59. The van der Waals surface area contributed by atoms with Crippen molar-refractivity contribution in [2.24, 2.45) is 0 Å². The summed E-state index contributed by atoms with van der Waals surface area (Å²) in [5.74, 6) is -1.00. The van der Waals surface area contributed by atoms with Crippen molar-refractivity contribution in [2.75, 3.05) is 18.1 Å². The summed E-state index contributed by atoms with van der Waals surface area (Å²) in [4.78, 5) is 17.9. The van der Waals surface area contributed by atoms with Gasteiger partial charge in [0.1, 0.15) is 6.61 Å². The van der Waals surface area contributed by atoms with Gasteiger partial charge in [0, 0.05) is 12.3 Å². The molecule has 1 aromatic heterocycles. The second-order valence-electron chi connectivity index (χ2n) is 5.48. The number of amides is 1. The summed E-state index contributed by atoms with van der Waals surface area (Å²) in [5, 5.41) is 0. The molecule has 0 saturated carbocycles. The van der Waals surface area contributed by atoms with Gasteiger partial charge in [-0.25, -0.2) is 0 Å². The maximum absolute atomic E-state index is 12.5. The second kappa shape index (κ2) is 8.59. The van der Waals surface area contributed by atoms with Gasteiger partial charge >= 0.3 is 13.2 Å². The quantitative estimate of drug-likeness (QED) is 0.548. The van der Waals surface area contributed by atoms with Crippen molar-refractivity contribution in [1.29, 1.82) is 0 Å². The van der Waals surface area contributed by atoms with Crippen molar-refractivity contribution in [1.82, 2.24) is 4.98 Å². The lowest BCUT2D eigenvalue weighted by molar-refractivity contribution is -0.114. The highest BCUT2D eigenvalue weighted by molar-refractivity contribution is 6.04. The lowest BCUT2D eigenvalue weighted by Gasteiger charge is -2.28. The fraction of sp³-hybridized carbons (Fsp3) is 0.222. The van der Waals surface area contributed by atoms with Crippen LogP contribution in [-0.4, -0.2) is 37.3 Å². The SMILES string of the molecule is O=C(/C=C/c1ccc(OC(F)F)c(OC(F)F)c1)N1CCOc2cnccc21. The molecule has 0 unspecified atom stereocenters. The Hall–Kier alpha value is -3.30. The molecule has 1 amide bonds. The van der Waals surface area contributed by atoms with Crippen LogP contribution in [-0.2, 0) is 4.79 Å². The monoisotopic (exact) mass is 398 g/mol. The van der Waals surface area contributed by atoms with Gasteiger partial charge in [0.25, 0.3) is 5.91 Å². The number of benzene rings is 1. The van der Waals surface area contributed by atoms with Crippen LogP contribution in [0.1, 0.15) is 5.56 Å². The molecule has 0 spiro atoms. The number of ether oxygens (including phenoxy) is 3. The van der Waals surface area contributed by atoms with E-state index in [1.54, 1.807) is 6.07 Å². The number of carbonyl (C=O) groups is 1. The molecule has 1 aliphatic heterocycles. The Bertz CT molecular complexity index is 876. The third kappa shape index (κ3) is 4.70. The maximum atomic E-state index is 12.5. The number of hydrogen-bond acceptors (Lipinski definition) is 5. The number of halogens is 4. The van der Waals surface area contributed by atoms with E-state index in [2.05, 4.69) is 14.5 Å². The van der Waals surface area contributed by atoms with E-state index >= 15 is 0 Å². The molecule has 1 aromatic carbocycles. The number of carbonyl (C=O) groups excluding carboxylic acids is 1. The Morgan fingerprint density at radius 2 is 1.89 bits per heavy atom. The molecule has 2 heterocycles. The normalized spacial score (nSPS) is 13.6. The van der Waals surface area contributed by atoms with Gasteiger partial charge in [-0.2, -0.15) is 17.6 Å². The molecule has 0 saturated heterocycles. The fourth-order valence-corrected chi connectivity index (χ4v) is 2.57. The van der Waals surface area contributed by atoms with Crippen molar-refractivity contribution in [3.8, 4) is 17.2 Å². The molecule has 6 nitrogen and oxygen atoms in total. The van der Waals surface area contributed by atoms with E-state index in [1.807, 2.05) is 0 Å². The van der Waals surface area contributed by atoms with Crippen molar-refractivity contribution in [2.45, 2.75) is 13.2 Å². The number of aromatic nitrogens is 1. The predicted molar refractivity (Wildman–Crippen MR) is 90.8 cm³/mol. The van der Waals surface area contributed by atoms with Gasteiger partial charge < -0.3 is 19.1 Å². The van der Waals surface area contributed by atoms with Gasteiger partial charge in [-0.05, 0) is 29.8 Å². The van der Waals surface area contributed by atoms with Gasteiger partial charge in [0.15, 0.2) is 17.2 Å². The second-order valence-corrected chi connectivity index (χ2v) is 5.48. The topological polar surface area (TPSA) is 60.9 Å². The highest BCUT2D eigenvalue weighted by atomic mass is 19.3. The van der Waals surface area contributed by atoms with Crippen LogP contribution in [0, 0.1) is 0 Å². The molecule has 2 aromatic rings. The molecule has 1 aliphatic rings. The minimum Gasteiger partial charge on any atom is -0.488 e. The van der Waals surface area contributed by atoms with Crippen molar-refractivity contribution >= 4 is 17.7 Å². The Kier molecular flexibility index (Phi) is 5.97. The molecule has 0 radical (unpaired) electrons. The Balaban J connectivity index is 1.79. The summed E-state index contributed by atoms with van der Waals surface area (Å²) >= 11 is 0. The average molecular weight is 398 g/mol. The zero-order chi connectivity index (χ0) is 20.1. The van der Waals surface area contributed by atoms with Crippen LogP contribution in [0.4, 0.5) is 23.2 Å². The standard InChI is InChI=1S/C18H14F4N2O4/c19-17(20)27-13-3-1-11(9-14(13)28-18(21)22)2-4-16(25)24-7-8-26-15-10-23-6-5-12(15)24/h1-6,9-10,17-18H,7-8H2/b4-2+. The number of pyridine rings is 1. The Labute approximate surface area is 156 Å². The molecular weight excluding hydrogens is 384 g/mol. The summed E-state index contributed by atoms with van der Waals surface area (Å²) in [6, 6.07) is 5.09. The van der Waals surface area contributed by atoms with Crippen molar-refractivity contribution < 1.29 is 36.6 Å². The van der Waals surface area contributed by atoms with Crippen LogP contribution >= 0.6 is 0 Å². The van der Waals surface area contributed by atoms with Crippen LogP contribution in [0.15, 0.2) is 42.7 Å². The molecule has 10 heteroatoms. The molecule has 0 bridgehead atoms. The fourth-order valence-electron chi connectivity index (χ4n) is 2.57. The highest BCUT2D eigenvalue weighted by Crippen LogP contribution is 2.32. The average Bonchev–Trinajstić information content (AvgIpc) is 2.66. The van der Waals surface area contributed by atoms with E-state index in [0.717, 1.165) is 12.1 Å². The summed E-state index contributed by atoms with van der Waals surface area (Å²) < 4.78 is 63.5. The van der Waals surface area contributed by atoms with E-state index in [9.17, 15) is 22.4 Å². The largest absolute Gasteiger partial charge is 0.488 e. The molecular formula is C18H14F4N2O4. The van der Waals surface area contributed by atoms with Gasteiger partial charge in [-0.15, -0.1) is 0 Å². The smallest absolute Gasteiger partial charge is 0.387 e. The number of fused-ring (bicyclic) bond motifs is 1. The van der Waals surface area contributed by atoms with Gasteiger partial charge in [0.05, 0.1) is 18.4 Å². The van der Waals surface area contributed by atoms with Crippen LogP contribution in [0.5, 0.6) is 17.2 Å². The first-order chi connectivity index (χ1) is 13.4.